The van der Waals surface area contributed by atoms with Crippen LogP contribution in [0.2, 0.25) is 0 Å². The third-order valence-corrected chi connectivity index (χ3v) is 2.72. The van der Waals surface area contributed by atoms with Crippen LogP contribution in [0.4, 0.5) is 0 Å². The van der Waals surface area contributed by atoms with Crippen molar-refractivity contribution < 1.29 is 4.79 Å². The van der Waals surface area contributed by atoms with Crippen molar-refractivity contribution >= 4 is 17.7 Å². The van der Waals surface area contributed by atoms with E-state index in [4.69, 9.17) is 0 Å². The average molecular weight is 159 g/mol. The first-order valence-electron chi connectivity index (χ1n) is 3.64. The van der Waals surface area contributed by atoms with E-state index in [0.29, 0.717) is 0 Å². The number of amides is 1. The van der Waals surface area contributed by atoms with E-state index in [1.807, 2.05) is 16.7 Å². The average Bonchev–Trinajstić information content (AvgIpc) is 2.12. The maximum absolute atomic E-state index is 10.9. The molecule has 0 atom stereocenters. The molecule has 0 aromatic carbocycles. The van der Waals surface area contributed by atoms with Crippen molar-refractivity contribution in [3.8, 4) is 0 Å². The third kappa shape index (κ3) is 2.21. The molecule has 1 amide bonds. The first-order valence-corrected chi connectivity index (χ1v) is 4.79. The second kappa shape index (κ2) is 3.86. The molecule has 1 heterocycles. The molecule has 0 radical (unpaired) electrons. The Labute approximate surface area is 66.0 Å². The lowest BCUT2D eigenvalue weighted by atomic mass is 10.4. The van der Waals surface area contributed by atoms with Crippen molar-refractivity contribution in [1.29, 1.82) is 0 Å². The monoisotopic (exact) mass is 159 g/mol. The molecule has 0 N–H and O–H groups in total. The SMILES string of the molecule is CC(=O)N1CCCSCC1. The van der Waals surface area contributed by atoms with Gasteiger partial charge in [0, 0.05) is 25.8 Å². The Morgan fingerprint density at radius 2 is 2.20 bits per heavy atom. The fraction of sp³-hybridized carbons (Fsp3) is 0.857. The predicted molar refractivity (Wildman–Crippen MR) is 44.2 cm³/mol. The highest BCUT2D eigenvalue weighted by molar-refractivity contribution is 7.99. The first kappa shape index (κ1) is 7.92. The maximum Gasteiger partial charge on any atom is 0.219 e. The Morgan fingerprint density at radius 3 is 2.90 bits per heavy atom. The van der Waals surface area contributed by atoms with Crippen LogP contribution in [-0.4, -0.2) is 35.4 Å². The van der Waals surface area contributed by atoms with Gasteiger partial charge in [0.25, 0.3) is 0 Å². The maximum atomic E-state index is 10.9. The topological polar surface area (TPSA) is 20.3 Å². The third-order valence-electron chi connectivity index (χ3n) is 1.67. The molecule has 0 unspecified atom stereocenters. The van der Waals surface area contributed by atoms with Gasteiger partial charge in [0.05, 0.1) is 0 Å². The number of thioether (sulfide) groups is 1. The van der Waals surface area contributed by atoms with Gasteiger partial charge in [-0.3, -0.25) is 4.79 Å². The highest BCUT2D eigenvalue weighted by Gasteiger charge is 2.10. The molecule has 1 aliphatic rings. The minimum atomic E-state index is 0.225. The minimum Gasteiger partial charge on any atom is -0.342 e. The highest BCUT2D eigenvalue weighted by atomic mass is 32.2. The summed E-state index contributed by atoms with van der Waals surface area (Å²) in [4.78, 5) is 12.8. The van der Waals surface area contributed by atoms with Crippen LogP contribution in [0.3, 0.4) is 0 Å². The van der Waals surface area contributed by atoms with Crippen LogP contribution in [0.1, 0.15) is 13.3 Å². The van der Waals surface area contributed by atoms with Crippen LogP contribution in [0, 0.1) is 0 Å². The second-order valence-electron chi connectivity index (χ2n) is 2.47. The lowest BCUT2D eigenvalue weighted by Gasteiger charge is -2.16. The fourth-order valence-electron chi connectivity index (χ4n) is 1.06. The Bertz CT molecular complexity index is 119. The van der Waals surface area contributed by atoms with E-state index in [1.54, 1.807) is 6.92 Å². The van der Waals surface area contributed by atoms with Crippen molar-refractivity contribution in [2.45, 2.75) is 13.3 Å². The van der Waals surface area contributed by atoms with Crippen LogP contribution >= 0.6 is 11.8 Å². The zero-order valence-electron chi connectivity index (χ0n) is 6.30. The smallest absolute Gasteiger partial charge is 0.219 e. The molecule has 1 aliphatic heterocycles. The van der Waals surface area contributed by atoms with Crippen LogP contribution in [0.15, 0.2) is 0 Å². The summed E-state index contributed by atoms with van der Waals surface area (Å²) < 4.78 is 0. The van der Waals surface area contributed by atoms with E-state index >= 15 is 0 Å². The van der Waals surface area contributed by atoms with Crippen molar-refractivity contribution in [1.82, 2.24) is 4.90 Å². The van der Waals surface area contributed by atoms with Crippen LogP contribution < -0.4 is 0 Å². The quantitative estimate of drug-likeness (QED) is 0.525. The molecule has 58 valence electrons. The van der Waals surface area contributed by atoms with Gasteiger partial charge in [-0.05, 0) is 12.2 Å². The number of carbonyl (C=O) groups is 1. The summed E-state index contributed by atoms with van der Waals surface area (Å²) in [5, 5.41) is 0. The largest absolute Gasteiger partial charge is 0.342 e. The van der Waals surface area contributed by atoms with Gasteiger partial charge in [0.1, 0.15) is 0 Å². The van der Waals surface area contributed by atoms with Crippen LogP contribution in [0.25, 0.3) is 0 Å². The van der Waals surface area contributed by atoms with Gasteiger partial charge < -0.3 is 4.90 Å². The zero-order chi connectivity index (χ0) is 7.40. The second-order valence-corrected chi connectivity index (χ2v) is 3.70. The molecule has 0 bridgehead atoms. The summed E-state index contributed by atoms with van der Waals surface area (Å²) >= 11 is 1.94. The van der Waals surface area contributed by atoms with Crippen molar-refractivity contribution in [3.63, 3.8) is 0 Å². The van der Waals surface area contributed by atoms with Crippen molar-refractivity contribution in [3.05, 3.63) is 0 Å². The molecular formula is C7H13NOS. The lowest BCUT2D eigenvalue weighted by molar-refractivity contribution is -0.128. The molecule has 0 aromatic heterocycles. The number of nitrogens with zero attached hydrogens (tertiary/aromatic N) is 1. The molecule has 1 rings (SSSR count). The van der Waals surface area contributed by atoms with Gasteiger partial charge in [0.2, 0.25) is 5.91 Å². The standard InChI is InChI=1S/C7H13NOS/c1-7(9)8-3-2-5-10-6-4-8/h2-6H2,1H3. The van der Waals surface area contributed by atoms with Crippen LogP contribution in [-0.2, 0) is 4.79 Å². The van der Waals surface area contributed by atoms with Gasteiger partial charge >= 0.3 is 0 Å². The van der Waals surface area contributed by atoms with Crippen molar-refractivity contribution in [2.75, 3.05) is 24.6 Å². The number of hydrogen-bond donors (Lipinski definition) is 0. The Kier molecular flexibility index (Phi) is 3.06. The zero-order valence-corrected chi connectivity index (χ0v) is 7.12. The summed E-state index contributed by atoms with van der Waals surface area (Å²) in [5.74, 6) is 2.55. The summed E-state index contributed by atoms with van der Waals surface area (Å²) in [5.41, 5.74) is 0. The number of rotatable bonds is 0. The molecule has 0 spiro atoms. The summed E-state index contributed by atoms with van der Waals surface area (Å²) in [7, 11) is 0. The van der Waals surface area contributed by atoms with Crippen molar-refractivity contribution in [2.24, 2.45) is 0 Å². The van der Waals surface area contributed by atoms with Crippen LogP contribution in [0.5, 0.6) is 0 Å². The Morgan fingerprint density at radius 1 is 1.40 bits per heavy atom. The van der Waals surface area contributed by atoms with Gasteiger partial charge in [-0.25, -0.2) is 0 Å². The molecule has 0 saturated carbocycles. The molecule has 0 aliphatic carbocycles. The molecule has 1 saturated heterocycles. The van der Waals surface area contributed by atoms with E-state index < -0.39 is 0 Å². The number of hydrogen-bond acceptors (Lipinski definition) is 2. The molecule has 10 heavy (non-hydrogen) atoms. The first-order chi connectivity index (χ1) is 4.80. The highest BCUT2D eigenvalue weighted by Crippen LogP contribution is 2.09. The summed E-state index contributed by atoms with van der Waals surface area (Å²) in [6.07, 6.45) is 1.16. The fourth-order valence-corrected chi connectivity index (χ4v) is 1.95. The Hall–Kier alpha value is -0.180. The van der Waals surface area contributed by atoms with Gasteiger partial charge in [0.15, 0.2) is 0 Å². The van der Waals surface area contributed by atoms with E-state index in [2.05, 4.69) is 0 Å². The molecule has 1 fully saturated rings. The van der Waals surface area contributed by atoms with Gasteiger partial charge in [-0.2, -0.15) is 11.8 Å². The summed E-state index contributed by atoms with van der Waals surface area (Å²) in [6, 6.07) is 0. The van der Waals surface area contributed by atoms with E-state index in [0.717, 1.165) is 25.3 Å². The van der Waals surface area contributed by atoms with Gasteiger partial charge in [-0.15, -0.1) is 0 Å². The molecule has 3 heteroatoms. The van der Waals surface area contributed by atoms with E-state index in [9.17, 15) is 4.79 Å². The predicted octanol–water partition coefficient (Wildman–Crippen LogP) is 0.972. The summed E-state index contributed by atoms with van der Waals surface area (Å²) in [6.45, 7) is 3.55. The van der Waals surface area contributed by atoms with Gasteiger partial charge in [-0.1, -0.05) is 0 Å². The molecular weight excluding hydrogens is 146 g/mol. The molecule has 0 aromatic rings. The number of carbonyl (C=O) groups excluding carboxylic acids is 1. The van der Waals surface area contributed by atoms with E-state index in [1.165, 1.54) is 5.75 Å². The normalized spacial score (nSPS) is 20.3. The Balaban J connectivity index is 2.35. The molecule has 2 nitrogen and oxygen atoms in total. The lowest BCUT2D eigenvalue weighted by Crippen LogP contribution is -2.30. The van der Waals surface area contributed by atoms with E-state index in [-0.39, 0.29) is 5.91 Å². The minimum absolute atomic E-state index is 0.225.